The Labute approximate surface area is 123 Å². The maximum atomic E-state index is 11.1. The molecule has 2 aliphatic carbocycles. The number of aryl methyl sites for hydroxylation is 1. The number of hydrogen-bond acceptors (Lipinski definition) is 4. The average molecular weight is 294 g/mol. The zero-order chi connectivity index (χ0) is 14.7. The van der Waals surface area contributed by atoms with Gasteiger partial charge in [-0.1, -0.05) is 20.8 Å². The number of carboxylic acids is 1. The lowest BCUT2D eigenvalue weighted by atomic mass is 9.68. The molecule has 110 valence electrons. The SMILES string of the molecule is Cc1sc(NC2C3(C)CCC(C3)C2(C)C)nc1C(=O)O. The summed E-state index contributed by atoms with van der Waals surface area (Å²) in [7, 11) is 0. The van der Waals surface area contributed by atoms with E-state index in [1.807, 2.05) is 6.92 Å². The molecule has 3 atom stereocenters. The Hall–Kier alpha value is -1.10. The summed E-state index contributed by atoms with van der Waals surface area (Å²) in [5.41, 5.74) is 0.746. The number of nitrogens with zero attached hydrogens (tertiary/aromatic N) is 1. The van der Waals surface area contributed by atoms with Crippen LogP contribution < -0.4 is 5.32 Å². The van der Waals surface area contributed by atoms with Crippen LogP contribution in [0.5, 0.6) is 0 Å². The Kier molecular flexibility index (Phi) is 2.91. The quantitative estimate of drug-likeness (QED) is 0.890. The van der Waals surface area contributed by atoms with E-state index in [1.165, 1.54) is 30.6 Å². The van der Waals surface area contributed by atoms with Gasteiger partial charge in [-0.25, -0.2) is 9.78 Å². The number of thiazole rings is 1. The first-order chi connectivity index (χ1) is 9.24. The number of rotatable bonds is 3. The van der Waals surface area contributed by atoms with E-state index in [1.54, 1.807) is 0 Å². The van der Waals surface area contributed by atoms with Crippen LogP contribution in [0.1, 0.15) is 55.4 Å². The first-order valence-corrected chi connectivity index (χ1v) is 8.03. The van der Waals surface area contributed by atoms with Gasteiger partial charge in [-0.2, -0.15) is 0 Å². The zero-order valence-electron chi connectivity index (χ0n) is 12.5. The van der Waals surface area contributed by atoms with Crippen LogP contribution in [0.25, 0.3) is 0 Å². The number of aromatic nitrogens is 1. The highest BCUT2D eigenvalue weighted by Crippen LogP contribution is 2.63. The van der Waals surface area contributed by atoms with E-state index in [-0.39, 0.29) is 11.1 Å². The van der Waals surface area contributed by atoms with Gasteiger partial charge in [-0.15, -0.1) is 11.3 Å². The summed E-state index contributed by atoms with van der Waals surface area (Å²) in [6.45, 7) is 8.84. The fourth-order valence-corrected chi connectivity index (χ4v) is 5.28. The lowest BCUT2D eigenvalue weighted by molar-refractivity contribution is 0.0690. The summed E-state index contributed by atoms with van der Waals surface area (Å²) in [6.07, 6.45) is 3.85. The molecule has 2 bridgehead atoms. The molecule has 2 saturated carbocycles. The van der Waals surface area contributed by atoms with Crippen molar-refractivity contribution in [3.63, 3.8) is 0 Å². The van der Waals surface area contributed by atoms with Gasteiger partial charge >= 0.3 is 5.97 Å². The Morgan fingerprint density at radius 1 is 1.45 bits per heavy atom. The third-order valence-electron chi connectivity index (χ3n) is 5.54. The van der Waals surface area contributed by atoms with Gasteiger partial charge in [0.05, 0.1) is 0 Å². The smallest absolute Gasteiger partial charge is 0.355 e. The van der Waals surface area contributed by atoms with Crippen molar-refractivity contribution in [1.82, 2.24) is 4.98 Å². The third-order valence-corrected chi connectivity index (χ3v) is 6.44. The van der Waals surface area contributed by atoms with Gasteiger partial charge < -0.3 is 10.4 Å². The molecule has 2 fully saturated rings. The minimum atomic E-state index is -0.940. The number of anilines is 1. The summed E-state index contributed by atoms with van der Waals surface area (Å²) >= 11 is 1.45. The van der Waals surface area contributed by atoms with E-state index >= 15 is 0 Å². The molecule has 20 heavy (non-hydrogen) atoms. The monoisotopic (exact) mass is 294 g/mol. The summed E-state index contributed by atoms with van der Waals surface area (Å²) in [4.78, 5) is 16.1. The molecule has 1 aromatic heterocycles. The van der Waals surface area contributed by atoms with Gasteiger partial charge in [0.15, 0.2) is 10.8 Å². The number of aromatic carboxylic acids is 1. The highest BCUT2D eigenvalue weighted by Gasteiger charge is 2.59. The largest absolute Gasteiger partial charge is 0.476 e. The molecule has 1 aromatic rings. The molecule has 1 heterocycles. The van der Waals surface area contributed by atoms with Gasteiger partial charge in [0.1, 0.15) is 0 Å². The molecule has 3 unspecified atom stereocenters. The molecule has 0 aliphatic heterocycles. The standard InChI is InChI=1S/C15H22N2O2S/c1-8-10(11(18)19)16-13(20-8)17-12-14(2,3)9-5-6-15(12,4)7-9/h9,12H,5-7H2,1-4H3,(H,16,17)(H,18,19). The van der Waals surface area contributed by atoms with E-state index in [4.69, 9.17) is 5.11 Å². The van der Waals surface area contributed by atoms with Crippen LogP contribution in [-0.2, 0) is 0 Å². The summed E-state index contributed by atoms with van der Waals surface area (Å²) in [5.74, 6) is -0.171. The number of carboxylic acid groups (broad SMARTS) is 1. The van der Waals surface area contributed by atoms with Crippen LogP contribution in [0.4, 0.5) is 5.13 Å². The van der Waals surface area contributed by atoms with Crippen LogP contribution in [-0.4, -0.2) is 22.1 Å². The van der Waals surface area contributed by atoms with Crippen LogP contribution in [0.2, 0.25) is 0 Å². The molecule has 0 radical (unpaired) electrons. The van der Waals surface area contributed by atoms with Crippen molar-refractivity contribution in [3.8, 4) is 0 Å². The third kappa shape index (κ3) is 1.86. The van der Waals surface area contributed by atoms with Crippen molar-refractivity contribution in [1.29, 1.82) is 0 Å². The maximum absolute atomic E-state index is 11.1. The number of fused-ring (bicyclic) bond motifs is 2. The van der Waals surface area contributed by atoms with Gasteiger partial charge in [-0.3, -0.25) is 0 Å². The second-order valence-electron chi connectivity index (χ2n) is 7.22. The topological polar surface area (TPSA) is 62.2 Å². The molecule has 0 spiro atoms. The molecule has 3 rings (SSSR count). The lowest BCUT2D eigenvalue weighted by Crippen LogP contribution is -2.45. The highest BCUT2D eigenvalue weighted by molar-refractivity contribution is 7.15. The summed E-state index contributed by atoms with van der Waals surface area (Å²) in [5, 5.41) is 13.4. The number of hydrogen-bond donors (Lipinski definition) is 2. The van der Waals surface area contributed by atoms with Crippen LogP contribution in [0.15, 0.2) is 0 Å². The Bertz CT molecular complexity index is 561. The van der Waals surface area contributed by atoms with Crippen molar-refractivity contribution >= 4 is 22.4 Å². The zero-order valence-corrected chi connectivity index (χ0v) is 13.3. The van der Waals surface area contributed by atoms with E-state index in [2.05, 4.69) is 31.1 Å². The fourth-order valence-electron chi connectivity index (χ4n) is 4.44. The van der Waals surface area contributed by atoms with Crippen molar-refractivity contribution in [2.75, 3.05) is 5.32 Å². The second-order valence-corrected chi connectivity index (χ2v) is 8.42. The lowest BCUT2D eigenvalue weighted by Gasteiger charge is -2.43. The molecular weight excluding hydrogens is 272 g/mol. The molecule has 0 amide bonds. The summed E-state index contributed by atoms with van der Waals surface area (Å²) in [6, 6.07) is 0.376. The van der Waals surface area contributed by atoms with Gasteiger partial charge in [0.2, 0.25) is 0 Å². The Morgan fingerprint density at radius 3 is 2.65 bits per heavy atom. The van der Waals surface area contributed by atoms with Crippen LogP contribution in [0.3, 0.4) is 0 Å². The minimum absolute atomic E-state index is 0.184. The molecule has 0 saturated heterocycles. The number of nitrogens with one attached hydrogen (secondary N) is 1. The van der Waals surface area contributed by atoms with Crippen molar-refractivity contribution in [2.45, 2.75) is 53.0 Å². The molecule has 2 N–H and O–H groups in total. The first-order valence-electron chi connectivity index (χ1n) is 7.21. The predicted octanol–water partition coefficient (Wildman–Crippen LogP) is 3.78. The molecule has 2 aliphatic rings. The molecule has 5 heteroatoms. The fraction of sp³-hybridized carbons (Fsp3) is 0.733. The first kappa shape index (κ1) is 13.9. The van der Waals surface area contributed by atoms with E-state index in [0.29, 0.717) is 11.5 Å². The van der Waals surface area contributed by atoms with E-state index in [0.717, 1.165) is 15.9 Å². The van der Waals surface area contributed by atoms with Crippen LogP contribution >= 0.6 is 11.3 Å². The highest BCUT2D eigenvalue weighted by atomic mass is 32.1. The average Bonchev–Trinajstić information content (AvgIpc) is 2.94. The Morgan fingerprint density at radius 2 is 2.15 bits per heavy atom. The van der Waals surface area contributed by atoms with E-state index in [9.17, 15) is 4.79 Å². The van der Waals surface area contributed by atoms with Gasteiger partial charge in [-0.05, 0) is 42.9 Å². The van der Waals surface area contributed by atoms with Crippen molar-refractivity contribution < 1.29 is 9.90 Å². The Balaban J connectivity index is 1.88. The maximum Gasteiger partial charge on any atom is 0.355 e. The van der Waals surface area contributed by atoms with Gasteiger partial charge in [0.25, 0.3) is 0 Å². The molecule has 4 nitrogen and oxygen atoms in total. The number of carbonyl (C=O) groups is 1. The molecule has 0 aromatic carbocycles. The van der Waals surface area contributed by atoms with Gasteiger partial charge in [0, 0.05) is 10.9 Å². The predicted molar refractivity (Wildman–Crippen MR) is 80.5 cm³/mol. The molecular formula is C15H22N2O2S. The summed E-state index contributed by atoms with van der Waals surface area (Å²) < 4.78 is 0. The van der Waals surface area contributed by atoms with Crippen molar-refractivity contribution in [2.24, 2.45) is 16.7 Å². The van der Waals surface area contributed by atoms with E-state index < -0.39 is 5.97 Å². The van der Waals surface area contributed by atoms with Crippen molar-refractivity contribution in [3.05, 3.63) is 10.6 Å². The normalized spacial score (nSPS) is 34.4. The van der Waals surface area contributed by atoms with Crippen LogP contribution in [0, 0.1) is 23.7 Å². The second kappa shape index (κ2) is 4.20. The minimum Gasteiger partial charge on any atom is -0.476 e.